The van der Waals surface area contributed by atoms with Gasteiger partial charge in [0.25, 0.3) is 0 Å². The molecule has 10 aromatic rings. The number of thiophene rings is 4. The fourth-order valence-electron chi connectivity index (χ4n) is 16.5. The third-order valence-electron chi connectivity index (χ3n) is 21.9. The van der Waals surface area contributed by atoms with Crippen LogP contribution in [0.15, 0.2) is 46.6 Å². The molecule has 10 nitrogen and oxygen atoms in total. The number of ketones is 2. The maximum atomic E-state index is 15.0. The van der Waals surface area contributed by atoms with Crippen LogP contribution in [0.2, 0.25) is 20.1 Å². The Morgan fingerprint density at radius 2 is 0.733 bits per heavy atom. The van der Waals surface area contributed by atoms with Crippen LogP contribution in [0.3, 0.4) is 0 Å². The second-order valence-corrected chi connectivity index (χ2v) is 35.5. The van der Waals surface area contributed by atoms with Crippen LogP contribution >= 0.6 is 103 Å². The number of nitriles is 4. The summed E-state index contributed by atoms with van der Waals surface area (Å²) >= 11 is 35.2. The summed E-state index contributed by atoms with van der Waals surface area (Å²) in [6.45, 7) is 15.3. The number of rotatable bonds is 38. The molecule has 3 aromatic carbocycles. The third kappa shape index (κ3) is 15.9. The van der Waals surface area contributed by atoms with Crippen molar-refractivity contribution >= 4 is 210 Å². The van der Waals surface area contributed by atoms with Crippen LogP contribution in [0.5, 0.6) is 0 Å². The maximum absolute atomic E-state index is 15.0. The summed E-state index contributed by atoms with van der Waals surface area (Å²) in [5.74, 6) is 0.154. The summed E-state index contributed by atoms with van der Waals surface area (Å²) in [5, 5.41) is 45.7. The fraction of sp³-hybridized carbons (Fsp3) is 0.488. The highest BCUT2D eigenvalue weighted by Gasteiger charge is 2.38. The summed E-state index contributed by atoms with van der Waals surface area (Å²) in [7, 11) is 0. The largest absolute Gasteiger partial charge is 0.337 e. The van der Waals surface area contributed by atoms with Crippen LogP contribution < -0.4 is 0 Å². The van der Waals surface area contributed by atoms with Gasteiger partial charge in [0.1, 0.15) is 46.5 Å². The van der Waals surface area contributed by atoms with E-state index in [1.807, 2.05) is 34.8 Å². The van der Waals surface area contributed by atoms with E-state index in [1.54, 1.807) is 46.9 Å². The molecule has 2 unspecified atom stereocenters. The highest BCUT2D eigenvalue weighted by atomic mass is 35.5. The van der Waals surface area contributed by atoms with Crippen LogP contribution in [0, 0.1) is 57.2 Å². The first-order valence-corrected chi connectivity index (χ1v) is 44.4. The maximum Gasteiger partial charge on any atom is 0.194 e. The summed E-state index contributed by atoms with van der Waals surface area (Å²) < 4.78 is 23.5. The molecule has 2 aliphatic carbocycles. The molecule has 0 spiro atoms. The molecule has 0 N–H and O–H groups in total. The Balaban J connectivity index is 1.19. The molecule has 0 bridgehead atoms. The van der Waals surface area contributed by atoms with Gasteiger partial charge in [-0.15, -0.1) is 45.3 Å². The molecule has 7 aromatic heterocycles. The van der Waals surface area contributed by atoms with Gasteiger partial charge in [0.15, 0.2) is 11.6 Å². The van der Waals surface area contributed by atoms with Crippen LogP contribution in [0.1, 0.15) is 287 Å². The molecule has 0 amide bonds. The first-order valence-electron chi connectivity index (χ1n) is 38.9. The normalized spacial score (nSPS) is 14.5. The molecule has 0 radical (unpaired) electrons. The first kappa shape index (κ1) is 78.4. The third-order valence-corrected chi connectivity index (χ3v) is 29.0. The number of allylic oxidation sites excluding steroid dienone is 6. The van der Waals surface area contributed by atoms with Crippen molar-refractivity contribution in [1.29, 1.82) is 21.0 Å². The average molecular weight is 1570 g/mol. The average Bonchev–Trinajstić information content (AvgIpc) is 1.50. The molecule has 0 saturated carbocycles. The number of aromatic nitrogens is 4. The van der Waals surface area contributed by atoms with Crippen molar-refractivity contribution in [1.82, 2.24) is 17.9 Å². The molecule has 19 heteroatoms. The summed E-state index contributed by atoms with van der Waals surface area (Å²) in [5.41, 5.74) is 11.4. The lowest BCUT2D eigenvalue weighted by Gasteiger charge is -2.22. The minimum absolute atomic E-state index is 0.149. The second kappa shape index (κ2) is 36.4. The Bertz CT molecular complexity index is 4910. The Morgan fingerprint density at radius 3 is 1.09 bits per heavy atom. The van der Waals surface area contributed by atoms with Crippen molar-refractivity contribution in [3.05, 3.63) is 110 Å². The number of unbranched alkanes of at least 4 members (excludes halogenated alkanes) is 20. The number of aryl methyl sites for hydroxylation is 2. The molecule has 0 saturated heterocycles. The van der Waals surface area contributed by atoms with Gasteiger partial charge >= 0.3 is 0 Å². The van der Waals surface area contributed by atoms with Crippen molar-refractivity contribution in [2.24, 2.45) is 11.8 Å². The van der Waals surface area contributed by atoms with E-state index in [0.29, 0.717) is 45.2 Å². The number of nitrogens with zero attached hydrogens (tertiary/aromatic N) is 8. The zero-order valence-electron chi connectivity index (χ0n) is 61.6. The van der Waals surface area contributed by atoms with Gasteiger partial charge in [-0.05, 0) is 122 Å². The van der Waals surface area contributed by atoms with Crippen LogP contribution in [-0.2, 0) is 25.9 Å². The number of carbonyl (C=O) groups excluding carboxylic acids is 2. The van der Waals surface area contributed by atoms with Crippen LogP contribution in [-0.4, -0.2) is 29.4 Å². The Kier molecular flexibility index (Phi) is 27.1. The van der Waals surface area contributed by atoms with Gasteiger partial charge in [-0.2, -0.15) is 29.8 Å². The zero-order chi connectivity index (χ0) is 74.0. The summed E-state index contributed by atoms with van der Waals surface area (Å²) in [4.78, 5) is 32.0. The second-order valence-electron chi connectivity index (χ2n) is 29.2. The van der Waals surface area contributed by atoms with Gasteiger partial charge in [-0.3, -0.25) is 9.59 Å². The van der Waals surface area contributed by atoms with Gasteiger partial charge in [0.05, 0.1) is 82.1 Å². The lowest BCUT2D eigenvalue weighted by atomic mass is 9.94. The number of hydrogen-bond acceptors (Lipinski definition) is 13. The quantitative estimate of drug-likeness (QED) is 0.0210. The fourth-order valence-corrected chi connectivity index (χ4v) is 23.6. The molecular weight excluding hydrogens is 1480 g/mol. The molecule has 548 valence electrons. The lowest BCUT2D eigenvalue weighted by molar-refractivity contribution is 0.103. The van der Waals surface area contributed by atoms with Crippen molar-refractivity contribution < 1.29 is 9.59 Å². The molecule has 12 rings (SSSR count). The molecule has 2 atom stereocenters. The minimum Gasteiger partial charge on any atom is -0.337 e. The number of benzene rings is 3. The molecule has 105 heavy (non-hydrogen) atoms. The monoisotopic (exact) mass is 1570 g/mol. The van der Waals surface area contributed by atoms with E-state index in [-0.39, 0.29) is 53.9 Å². The Hall–Kier alpha value is -6.18. The van der Waals surface area contributed by atoms with Crippen molar-refractivity contribution in [2.45, 2.75) is 260 Å². The van der Waals surface area contributed by atoms with E-state index in [9.17, 15) is 21.0 Å². The van der Waals surface area contributed by atoms with Gasteiger partial charge in [-0.1, -0.05) is 242 Å². The lowest BCUT2D eigenvalue weighted by Crippen LogP contribution is -2.14. The van der Waals surface area contributed by atoms with E-state index in [2.05, 4.69) is 75.0 Å². The van der Waals surface area contributed by atoms with E-state index in [4.69, 9.17) is 55.2 Å². The zero-order valence-corrected chi connectivity index (χ0v) is 68.7. The van der Waals surface area contributed by atoms with E-state index >= 15 is 9.59 Å². The highest BCUT2D eigenvalue weighted by Crippen LogP contribution is 2.57. The molecule has 0 fully saturated rings. The highest BCUT2D eigenvalue weighted by molar-refractivity contribution is 7.34. The summed E-state index contributed by atoms with van der Waals surface area (Å²) in [6.07, 6.45) is 39.7. The number of Topliss-reactive ketones (excluding diaryl/α,β-unsaturated/α-hetero) is 2. The number of hydrogen-bond donors (Lipinski definition) is 0. The molecular formula is C86H94Cl4N8O2S5. The first-order chi connectivity index (χ1) is 51.2. The van der Waals surface area contributed by atoms with Gasteiger partial charge in [0.2, 0.25) is 0 Å². The molecule has 2 aliphatic rings. The number of carbonyl (C=O) groups is 2. The van der Waals surface area contributed by atoms with E-state index < -0.39 is 0 Å². The molecule has 0 aliphatic heterocycles. The van der Waals surface area contributed by atoms with Crippen LogP contribution in [0.4, 0.5) is 0 Å². The Labute approximate surface area is 659 Å². The van der Waals surface area contributed by atoms with Gasteiger partial charge in [0, 0.05) is 67.0 Å². The number of halogens is 4. The van der Waals surface area contributed by atoms with Crippen molar-refractivity contribution in [2.75, 3.05) is 0 Å². The standard InChI is InChI=1S/C86H94Cl4N8O2S5/c1-7-13-19-23-25-27-31-37-55-67(43-61-69(53(45-91)46-92)57-39-63(87)65(89)41-59(57)79(61)99)101-85-77-83(103-81(55)85)71-73-74(96-105-95-73)72-76(75(71)97(77)49-51(33-17-11-5)35-29-21-15-9-3)98(50-52(34-18-12-6)36-30-22-16-10-4)78-84(72)104-82-56(38-32-28-26-24-20-14-8-2)68(102-86(78)82)44-62-70(54(47-93)48-94)58-40-64(88)66(90)42-60(58)80(62)100/h39-44,51-52H,7-38,49-50H2,1-6H3/b61-43-,62-44+. The van der Waals surface area contributed by atoms with Crippen molar-refractivity contribution in [3.8, 4) is 24.3 Å². The topological polar surface area (TPSA) is 165 Å². The van der Waals surface area contributed by atoms with Gasteiger partial charge in [-0.25, -0.2) is 0 Å². The van der Waals surface area contributed by atoms with E-state index in [0.717, 1.165) is 173 Å². The smallest absolute Gasteiger partial charge is 0.194 e. The predicted octanol–water partition coefficient (Wildman–Crippen LogP) is 29.4. The van der Waals surface area contributed by atoms with E-state index in [1.165, 1.54) is 150 Å². The minimum atomic E-state index is -0.291. The number of fused-ring (bicyclic) bond motifs is 16. The predicted molar refractivity (Wildman–Crippen MR) is 451 cm³/mol. The van der Waals surface area contributed by atoms with Crippen LogP contribution in [0.25, 0.3) is 95.4 Å². The Morgan fingerprint density at radius 1 is 0.410 bits per heavy atom. The summed E-state index contributed by atoms with van der Waals surface area (Å²) in [6, 6.07) is 15.0. The van der Waals surface area contributed by atoms with Gasteiger partial charge < -0.3 is 9.13 Å². The molecule has 7 heterocycles. The van der Waals surface area contributed by atoms with Crippen molar-refractivity contribution in [3.63, 3.8) is 0 Å². The SMILES string of the molecule is CCCCCCCCCc1c(/C=C2\C(=O)c3cc(Cl)c(Cl)cc3C2=C(C#N)C#N)sc2c1sc1c3c4nsnc4c4c5sc6c(CCCCCCCCC)c(/C=C7/C(=O)c8cc(Cl)c(Cl)cc8C7=C(C#N)C#N)sc6c5n(CC(CCCC)CCCCCC)c4c3n(CC(CCCC)CCCCCC)c21.